The fraction of sp³-hybridized carbons (Fsp3) is 0.308. The third-order valence-corrected chi connectivity index (χ3v) is 8.01. The number of amides is 2. The fourth-order valence-corrected chi connectivity index (χ4v) is 6.42. The number of carbonyl (C=O) groups excluding carboxylic acids is 3. The van der Waals surface area contributed by atoms with E-state index in [-0.39, 0.29) is 36.9 Å². The largest absolute Gasteiger partial charge is 0.459 e. The number of thioether (sulfide) groups is 1. The minimum Gasteiger partial charge on any atom is -0.459 e. The Hall–Kier alpha value is -3.86. The molecule has 5 rings (SSSR count). The molecular formula is C26H23FN2O7S. The van der Waals surface area contributed by atoms with Gasteiger partial charge in [-0.1, -0.05) is 12.1 Å². The molecule has 0 unspecified atom stereocenters. The van der Waals surface area contributed by atoms with E-state index in [2.05, 4.69) is 5.32 Å². The van der Waals surface area contributed by atoms with E-state index in [9.17, 15) is 23.6 Å². The van der Waals surface area contributed by atoms with Gasteiger partial charge in [-0.05, 0) is 43.2 Å². The molecule has 2 saturated heterocycles. The van der Waals surface area contributed by atoms with Gasteiger partial charge in [0.15, 0.2) is 0 Å². The van der Waals surface area contributed by atoms with E-state index < -0.39 is 28.6 Å². The number of nitrogens with one attached hydrogen (secondary N) is 1. The quantitative estimate of drug-likeness (QED) is 0.377. The molecule has 11 heteroatoms. The molecule has 2 fully saturated rings. The molecule has 37 heavy (non-hydrogen) atoms. The molecule has 0 aliphatic carbocycles. The van der Waals surface area contributed by atoms with E-state index in [1.54, 1.807) is 36.1 Å². The number of esters is 1. The summed E-state index contributed by atoms with van der Waals surface area (Å²) < 4.78 is 29.2. The molecule has 192 valence electrons. The zero-order valence-electron chi connectivity index (χ0n) is 19.8. The highest BCUT2D eigenvalue weighted by atomic mass is 32.2. The first kappa shape index (κ1) is 24.8. The Labute approximate surface area is 214 Å². The molecule has 2 amide bonds. The first-order chi connectivity index (χ1) is 17.8. The van der Waals surface area contributed by atoms with Gasteiger partial charge in [-0.2, -0.15) is 0 Å². The van der Waals surface area contributed by atoms with E-state index in [1.807, 2.05) is 0 Å². The van der Waals surface area contributed by atoms with Crippen LogP contribution in [0.15, 0.2) is 57.7 Å². The minimum atomic E-state index is -0.809. The smallest absolute Gasteiger partial charge is 0.411 e. The maximum atomic E-state index is 13.5. The van der Waals surface area contributed by atoms with E-state index in [0.29, 0.717) is 28.8 Å². The van der Waals surface area contributed by atoms with Crippen LogP contribution < -0.4 is 10.9 Å². The predicted molar refractivity (Wildman–Crippen MR) is 133 cm³/mol. The van der Waals surface area contributed by atoms with Gasteiger partial charge in [0.05, 0.1) is 6.61 Å². The molecule has 1 aromatic heterocycles. The maximum Gasteiger partial charge on any atom is 0.411 e. The summed E-state index contributed by atoms with van der Waals surface area (Å²) >= 11 is 1.47. The summed E-state index contributed by atoms with van der Waals surface area (Å²) in [5, 5.41) is 3.07. The van der Waals surface area contributed by atoms with Gasteiger partial charge < -0.3 is 18.8 Å². The Kier molecular flexibility index (Phi) is 6.63. The van der Waals surface area contributed by atoms with Gasteiger partial charge in [0.25, 0.3) is 0 Å². The highest BCUT2D eigenvalue weighted by Gasteiger charge is 2.57. The van der Waals surface area contributed by atoms with Crippen molar-refractivity contribution in [3.63, 3.8) is 0 Å². The molecular weight excluding hydrogens is 503 g/mol. The van der Waals surface area contributed by atoms with Crippen molar-refractivity contribution in [1.29, 1.82) is 0 Å². The van der Waals surface area contributed by atoms with Crippen molar-refractivity contribution in [3.8, 4) is 0 Å². The second-order valence-electron chi connectivity index (χ2n) is 8.64. The zero-order valence-corrected chi connectivity index (χ0v) is 20.6. The highest BCUT2D eigenvalue weighted by molar-refractivity contribution is 8.00. The summed E-state index contributed by atoms with van der Waals surface area (Å²) in [6.45, 7) is 1.68. The molecule has 3 heterocycles. The lowest BCUT2D eigenvalue weighted by Gasteiger charge is -2.33. The van der Waals surface area contributed by atoms with E-state index in [4.69, 9.17) is 13.9 Å². The number of hydrogen-bond acceptors (Lipinski definition) is 8. The van der Waals surface area contributed by atoms with Crippen LogP contribution in [0.1, 0.15) is 30.9 Å². The van der Waals surface area contributed by atoms with Gasteiger partial charge >= 0.3 is 17.7 Å². The minimum absolute atomic E-state index is 0.163. The van der Waals surface area contributed by atoms with Crippen molar-refractivity contribution in [2.75, 3.05) is 17.7 Å². The fourth-order valence-electron chi connectivity index (χ4n) is 4.79. The number of halogens is 1. The summed E-state index contributed by atoms with van der Waals surface area (Å²) in [5.41, 5.74) is 1.11. The van der Waals surface area contributed by atoms with Gasteiger partial charge in [0.1, 0.15) is 28.9 Å². The Morgan fingerprint density at radius 3 is 2.70 bits per heavy atom. The van der Waals surface area contributed by atoms with Crippen LogP contribution in [0.3, 0.4) is 0 Å². The third-order valence-electron chi connectivity index (χ3n) is 6.42. The first-order valence-electron chi connectivity index (χ1n) is 11.7. The number of fused-ring (bicyclic) bond motifs is 2. The normalized spacial score (nSPS) is 20.6. The summed E-state index contributed by atoms with van der Waals surface area (Å²) in [4.78, 5) is 50.6. The Morgan fingerprint density at radius 1 is 1.16 bits per heavy atom. The second-order valence-corrected chi connectivity index (χ2v) is 9.93. The lowest BCUT2D eigenvalue weighted by atomic mass is 10.0. The number of benzene rings is 2. The molecule has 2 aliphatic heterocycles. The van der Waals surface area contributed by atoms with Gasteiger partial charge in [-0.15, -0.1) is 11.8 Å². The second kappa shape index (κ2) is 9.89. The van der Waals surface area contributed by atoms with Gasteiger partial charge in [-0.3, -0.25) is 10.1 Å². The van der Waals surface area contributed by atoms with Crippen LogP contribution in [0, 0.1) is 5.82 Å². The van der Waals surface area contributed by atoms with Crippen LogP contribution in [0.25, 0.3) is 11.0 Å². The molecule has 1 N–H and O–H groups in total. The van der Waals surface area contributed by atoms with Crippen molar-refractivity contribution >= 4 is 46.4 Å². The number of rotatable bonds is 6. The lowest BCUT2D eigenvalue weighted by Crippen LogP contribution is -2.46. The Balaban J connectivity index is 1.34. The SMILES string of the molecule is CCOC(=O)Nc1ccc2c(COC(=O)[C@H]3CS[C@]4(c5ccc(F)cc5)CCC(=O)N34)cc(=O)oc2c1. The average Bonchev–Trinajstić information content (AvgIpc) is 3.41. The van der Waals surface area contributed by atoms with E-state index >= 15 is 0 Å². The van der Waals surface area contributed by atoms with Gasteiger partial charge in [-0.25, -0.2) is 18.8 Å². The van der Waals surface area contributed by atoms with Crippen molar-refractivity contribution in [2.45, 2.75) is 37.3 Å². The zero-order chi connectivity index (χ0) is 26.2. The Bertz CT molecular complexity index is 1440. The van der Waals surface area contributed by atoms with Crippen LogP contribution in [-0.4, -0.2) is 41.3 Å². The van der Waals surface area contributed by atoms with Crippen molar-refractivity contribution < 1.29 is 32.7 Å². The van der Waals surface area contributed by atoms with E-state index in [0.717, 1.165) is 5.56 Å². The molecule has 3 aromatic rings. The summed E-state index contributed by atoms with van der Waals surface area (Å²) in [6.07, 6.45) is 0.149. The number of hydrogen-bond donors (Lipinski definition) is 1. The van der Waals surface area contributed by atoms with Gasteiger partial charge in [0, 0.05) is 40.9 Å². The van der Waals surface area contributed by atoms with Crippen molar-refractivity contribution in [2.24, 2.45) is 0 Å². The van der Waals surface area contributed by atoms with Crippen LogP contribution in [-0.2, 0) is 30.5 Å². The monoisotopic (exact) mass is 526 g/mol. The van der Waals surface area contributed by atoms with Gasteiger partial charge in [0.2, 0.25) is 5.91 Å². The number of nitrogens with zero attached hydrogens (tertiary/aromatic N) is 1. The van der Waals surface area contributed by atoms with Crippen molar-refractivity contribution in [3.05, 3.63) is 75.9 Å². The topological polar surface area (TPSA) is 115 Å². The molecule has 0 saturated carbocycles. The maximum absolute atomic E-state index is 13.5. The summed E-state index contributed by atoms with van der Waals surface area (Å²) in [5.74, 6) is -0.793. The molecule has 2 aliphatic rings. The lowest BCUT2D eigenvalue weighted by molar-refractivity contribution is -0.155. The van der Waals surface area contributed by atoms with Crippen molar-refractivity contribution in [1.82, 2.24) is 4.90 Å². The number of carbonyl (C=O) groups is 3. The van der Waals surface area contributed by atoms with Crippen LogP contribution in [0.4, 0.5) is 14.9 Å². The van der Waals surface area contributed by atoms with Crippen LogP contribution in [0.5, 0.6) is 0 Å². The van der Waals surface area contributed by atoms with Crippen LogP contribution >= 0.6 is 11.8 Å². The predicted octanol–water partition coefficient (Wildman–Crippen LogP) is 4.13. The average molecular weight is 527 g/mol. The molecule has 2 atom stereocenters. The Morgan fingerprint density at radius 2 is 1.95 bits per heavy atom. The molecule has 0 bridgehead atoms. The highest BCUT2D eigenvalue weighted by Crippen LogP contribution is 2.54. The summed E-state index contributed by atoms with van der Waals surface area (Å²) in [6, 6.07) is 11.1. The van der Waals surface area contributed by atoms with Crippen LogP contribution in [0.2, 0.25) is 0 Å². The molecule has 0 radical (unpaired) electrons. The third kappa shape index (κ3) is 4.66. The number of anilines is 1. The number of ether oxygens (including phenoxy) is 2. The van der Waals surface area contributed by atoms with E-state index in [1.165, 1.54) is 36.0 Å². The summed E-state index contributed by atoms with van der Waals surface area (Å²) in [7, 11) is 0. The first-order valence-corrected chi connectivity index (χ1v) is 12.7. The molecule has 0 spiro atoms. The standard InChI is InChI=1S/C26H23FN2O7S/c1-2-34-25(33)28-18-7-8-19-15(11-23(31)36-21(19)12-18)13-35-24(32)20-14-37-26(10-9-22(30)29(20)26)16-3-5-17(27)6-4-16/h3-8,11-12,20H,2,9-10,13-14H2,1H3,(H,28,33)/t20-,26+/m1/s1. The molecule has 2 aromatic carbocycles. The molecule has 9 nitrogen and oxygen atoms in total.